The van der Waals surface area contributed by atoms with E-state index in [9.17, 15) is 14.4 Å². The van der Waals surface area contributed by atoms with Crippen LogP contribution in [0, 0.1) is 11.8 Å². The molecule has 344 valence electrons. The quantitative estimate of drug-likeness (QED) is 0.0346. The van der Waals surface area contributed by atoms with E-state index >= 15 is 0 Å². The molecule has 0 amide bonds. The first-order valence-electron chi connectivity index (χ1n) is 25.8. The molecule has 0 saturated carbocycles. The van der Waals surface area contributed by atoms with E-state index in [0.717, 1.165) is 69.6 Å². The van der Waals surface area contributed by atoms with Crippen molar-refractivity contribution in [3.05, 3.63) is 0 Å². The van der Waals surface area contributed by atoms with E-state index in [-0.39, 0.29) is 31.1 Å². The number of ether oxygens (including phenoxy) is 3. The Hall–Kier alpha value is -1.59. The van der Waals surface area contributed by atoms with Gasteiger partial charge in [0.1, 0.15) is 13.2 Å². The Morgan fingerprint density at radius 3 is 0.983 bits per heavy atom. The standard InChI is InChI=1S/C52H100O6/c1-6-8-9-10-11-12-13-14-15-16-17-18-19-20-21-22-26-32-37-42-50(53)56-45-49(46-57-51(54)43-38-33-29-28-30-35-40-47(3)4)58-52(55)44-39-34-27-24-23-25-31-36-41-48(5)7-2/h47-49H,6-46H2,1-5H3/t48?,49-/m0/s1. The van der Waals surface area contributed by atoms with Crippen LogP contribution in [0.15, 0.2) is 0 Å². The van der Waals surface area contributed by atoms with Gasteiger partial charge in [-0.1, -0.05) is 247 Å². The van der Waals surface area contributed by atoms with Gasteiger partial charge in [-0.25, -0.2) is 0 Å². The van der Waals surface area contributed by atoms with Crippen molar-refractivity contribution in [1.29, 1.82) is 0 Å². The van der Waals surface area contributed by atoms with E-state index in [1.165, 1.54) is 173 Å². The minimum Gasteiger partial charge on any atom is -0.462 e. The van der Waals surface area contributed by atoms with Crippen molar-refractivity contribution < 1.29 is 28.6 Å². The molecule has 2 atom stereocenters. The maximum absolute atomic E-state index is 12.7. The highest BCUT2D eigenvalue weighted by Crippen LogP contribution is 2.18. The van der Waals surface area contributed by atoms with Crippen LogP contribution < -0.4 is 0 Å². The maximum atomic E-state index is 12.7. The van der Waals surface area contributed by atoms with Gasteiger partial charge in [-0.15, -0.1) is 0 Å². The van der Waals surface area contributed by atoms with Crippen molar-refractivity contribution >= 4 is 17.9 Å². The van der Waals surface area contributed by atoms with Crippen molar-refractivity contribution in [1.82, 2.24) is 0 Å². The molecule has 0 saturated heterocycles. The molecule has 0 aromatic carbocycles. The zero-order valence-electron chi connectivity index (χ0n) is 39.7. The number of hydrogen-bond donors (Lipinski definition) is 0. The second-order valence-electron chi connectivity index (χ2n) is 18.5. The summed E-state index contributed by atoms with van der Waals surface area (Å²) in [4.78, 5) is 37.8. The molecule has 0 radical (unpaired) electrons. The first-order valence-corrected chi connectivity index (χ1v) is 25.8. The van der Waals surface area contributed by atoms with Gasteiger partial charge in [-0.05, 0) is 31.1 Å². The lowest BCUT2D eigenvalue weighted by Crippen LogP contribution is -2.30. The van der Waals surface area contributed by atoms with Crippen LogP contribution >= 0.6 is 0 Å². The highest BCUT2D eigenvalue weighted by molar-refractivity contribution is 5.71. The average Bonchev–Trinajstić information content (AvgIpc) is 3.21. The van der Waals surface area contributed by atoms with Gasteiger partial charge in [0.2, 0.25) is 0 Å². The van der Waals surface area contributed by atoms with Gasteiger partial charge in [0.25, 0.3) is 0 Å². The number of hydrogen-bond acceptors (Lipinski definition) is 6. The highest BCUT2D eigenvalue weighted by Gasteiger charge is 2.19. The molecule has 58 heavy (non-hydrogen) atoms. The number of carbonyl (C=O) groups excluding carboxylic acids is 3. The second kappa shape index (κ2) is 44.9. The Morgan fingerprint density at radius 2 is 0.655 bits per heavy atom. The van der Waals surface area contributed by atoms with Crippen molar-refractivity contribution in [3.63, 3.8) is 0 Å². The molecule has 6 heteroatoms. The molecule has 0 aliphatic rings. The molecule has 1 unspecified atom stereocenters. The number of rotatable bonds is 46. The summed E-state index contributed by atoms with van der Waals surface area (Å²) in [5, 5.41) is 0. The largest absolute Gasteiger partial charge is 0.462 e. The van der Waals surface area contributed by atoms with E-state index in [1.807, 2.05) is 0 Å². The molecular weight excluding hydrogens is 721 g/mol. The Balaban J connectivity index is 4.22. The fourth-order valence-corrected chi connectivity index (χ4v) is 7.78. The van der Waals surface area contributed by atoms with Crippen LogP contribution in [-0.2, 0) is 28.6 Å². The van der Waals surface area contributed by atoms with E-state index < -0.39 is 6.10 Å². The van der Waals surface area contributed by atoms with Gasteiger partial charge in [-0.3, -0.25) is 14.4 Å². The molecule has 0 aliphatic heterocycles. The molecule has 6 nitrogen and oxygen atoms in total. The van der Waals surface area contributed by atoms with Crippen LogP contribution in [0.4, 0.5) is 0 Å². The summed E-state index contributed by atoms with van der Waals surface area (Å²) in [7, 11) is 0. The zero-order valence-corrected chi connectivity index (χ0v) is 39.7. The lowest BCUT2D eigenvalue weighted by molar-refractivity contribution is -0.167. The summed E-state index contributed by atoms with van der Waals surface area (Å²) in [6.45, 7) is 11.3. The van der Waals surface area contributed by atoms with Gasteiger partial charge in [-0.2, -0.15) is 0 Å². The van der Waals surface area contributed by atoms with E-state index in [1.54, 1.807) is 0 Å². The van der Waals surface area contributed by atoms with Gasteiger partial charge < -0.3 is 14.2 Å². The van der Waals surface area contributed by atoms with Crippen LogP contribution in [0.5, 0.6) is 0 Å². The summed E-state index contributed by atoms with van der Waals surface area (Å²) in [5.41, 5.74) is 0. The number of esters is 3. The molecule has 0 spiro atoms. The minimum absolute atomic E-state index is 0.0651. The van der Waals surface area contributed by atoms with Crippen molar-refractivity contribution in [2.45, 2.75) is 291 Å². The third kappa shape index (κ3) is 44.0. The molecule has 0 rings (SSSR count). The fraction of sp³-hybridized carbons (Fsp3) is 0.942. The Bertz CT molecular complexity index is 887. The lowest BCUT2D eigenvalue weighted by atomic mass is 9.99. The van der Waals surface area contributed by atoms with Crippen molar-refractivity contribution in [2.24, 2.45) is 11.8 Å². The highest BCUT2D eigenvalue weighted by atomic mass is 16.6. The first kappa shape index (κ1) is 56.4. The van der Waals surface area contributed by atoms with Crippen LogP contribution in [0.25, 0.3) is 0 Å². The number of carbonyl (C=O) groups is 3. The third-order valence-corrected chi connectivity index (χ3v) is 12.1. The molecule has 0 N–H and O–H groups in total. The Morgan fingerprint density at radius 1 is 0.362 bits per heavy atom. The summed E-state index contributed by atoms with van der Waals surface area (Å²) >= 11 is 0. The molecule has 0 bridgehead atoms. The summed E-state index contributed by atoms with van der Waals surface area (Å²) < 4.78 is 16.8. The monoisotopic (exact) mass is 821 g/mol. The lowest BCUT2D eigenvalue weighted by Gasteiger charge is -2.18. The smallest absolute Gasteiger partial charge is 0.306 e. The normalized spacial score (nSPS) is 12.5. The topological polar surface area (TPSA) is 78.9 Å². The van der Waals surface area contributed by atoms with Gasteiger partial charge >= 0.3 is 17.9 Å². The molecule has 0 fully saturated rings. The van der Waals surface area contributed by atoms with Gasteiger partial charge in [0.15, 0.2) is 6.10 Å². The number of unbranched alkanes of at least 4 members (excludes halogenated alkanes) is 30. The maximum Gasteiger partial charge on any atom is 0.306 e. The van der Waals surface area contributed by atoms with Crippen LogP contribution in [0.1, 0.15) is 285 Å². The third-order valence-electron chi connectivity index (χ3n) is 12.1. The second-order valence-corrected chi connectivity index (χ2v) is 18.5. The van der Waals surface area contributed by atoms with E-state index in [0.29, 0.717) is 19.3 Å². The van der Waals surface area contributed by atoms with Gasteiger partial charge in [0, 0.05) is 19.3 Å². The SMILES string of the molecule is CCCCCCCCCCCCCCCCCCCCCC(=O)OC[C@@H](COC(=O)CCCCCCCCC(C)C)OC(=O)CCCCCCCCCCC(C)CC. The Labute approximate surface area is 361 Å². The predicted molar refractivity (Wildman–Crippen MR) is 247 cm³/mol. The zero-order chi connectivity index (χ0) is 42.6. The molecule has 0 heterocycles. The Kier molecular flexibility index (Phi) is 43.7. The molecular formula is C52H100O6. The minimum atomic E-state index is -0.762. The van der Waals surface area contributed by atoms with Crippen LogP contribution in [-0.4, -0.2) is 37.2 Å². The van der Waals surface area contributed by atoms with Crippen LogP contribution in [0.2, 0.25) is 0 Å². The summed E-state index contributed by atoms with van der Waals surface area (Å²) in [6, 6.07) is 0. The molecule has 0 aromatic rings. The summed E-state index contributed by atoms with van der Waals surface area (Å²) in [5.74, 6) is 0.751. The summed E-state index contributed by atoms with van der Waals surface area (Å²) in [6.07, 6.45) is 45.3. The van der Waals surface area contributed by atoms with E-state index in [4.69, 9.17) is 14.2 Å². The predicted octanol–water partition coefficient (Wildman–Crippen LogP) is 16.5. The fourth-order valence-electron chi connectivity index (χ4n) is 7.78. The van der Waals surface area contributed by atoms with Crippen molar-refractivity contribution in [2.75, 3.05) is 13.2 Å². The van der Waals surface area contributed by atoms with Crippen molar-refractivity contribution in [3.8, 4) is 0 Å². The molecule has 0 aliphatic carbocycles. The van der Waals surface area contributed by atoms with Crippen LogP contribution in [0.3, 0.4) is 0 Å². The van der Waals surface area contributed by atoms with E-state index in [2.05, 4.69) is 34.6 Å². The van der Waals surface area contributed by atoms with Gasteiger partial charge in [0.05, 0.1) is 0 Å². The molecule has 0 aromatic heterocycles. The first-order chi connectivity index (χ1) is 28.3. The average molecular weight is 821 g/mol.